The molecule has 0 aromatic carbocycles. The second-order valence-electron chi connectivity index (χ2n) is 3.66. The molecule has 7 nitrogen and oxygen atoms in total. The van der Waals surface area contributed by atoms with E-state index in [2.05, 4.69) is 0 Å². The Kier molecular flexibility index (Phi) is 4.14. The summed E-state index contributed by atoms with van der Waals surface area (Å²) in [6.45, 7) is -1.03. The molecule has 10 heteroatoms. The summed E-state index contributed by atoms with van der Waals surface area (Å²) >= 11 is 0. The first-order valence-corrected chi connectivity index (χ1v) is 4.97. The molecule has 2 N–H and O–H groups in total. The highest BCUT2D eigenvalue weighted by molar-refractivity contribution is 5.93. The van der Waals surface area contributed by atoms with Crippen LogP contribution in [0.5, 0.6) is 0 Å². The summed E-state index contributed by atoms with van der Waals surface area (Å²) in [5.41, 5.74) is -0.180. The highest BCUT2D eigenvalue weighted by Gasteiger charge is 2.38. The molecule has 106 valence electrons. The fourth-order valence-electron chi connectivity index (χ4n) is 1.31. The van der Waals surface area contributed by atoms with Crippen LogP contribution in [0.25, 0.3) is 0 Å². The summed E-state index contributed by atoms with van der Waals surface area (Å²) in [5.74, 6) is -1.32. The van der Waals surface area contributed by atoms with E-state index < -0.39 is 29.7 Å². The molecule has 1 rings (SSSR count). The van der Waals surface area contributed by atoms with Crippen LogP contribution in [-0.4, -0.2) is 39.3 Å². The van der Waals surface area contributed by atoms with E-state index in [9.17, 15) is 28.1 Å². The van der Waals surface area contributed by atoms with Crippen LogP contribution in [-0.2, 0) is 7.05 Å². The zero-order valence-corrected chi connectivity index (χ0v) is 9.64. The molecule has 0 bridgehead atoms. The molecule has 0 aliphatic heterocycles. The van der Waals surface area contributed by atoms with Gasteiger partial charge in [0.25, 0.3) is 5.91 Å². The zero-order chi connectivity index (χ0) is 14.8. The molecule has 1 atom stereocenters. The Bertz CT molecular complexity index is 497. The number of aliphatic hydroxyl groups excluding tert-OH is 1. The van der Waals surface area contributed by atoms with E-state index >= 15 is 0 Å². The fraction of sp³-hybridized carbons (Fsp3) is 0.444. The minimum absolute atomic E-state index is 0.180. The molecule has 19 heavy (non-hydrogen) atoms. The number of carbonyl (C=O) groups is 1. The lowest BCUT2D eigenvalue weighted by Crippen LogP contribution is -2.41. The van der Waals surface area contributed by atoms with Crippen LogP contribution in [0.15, 0.2) is 12.1 Å². The second-order valence-corrected chi connectivity index (χ2v) is 3.66. The third-order valence-electron chi connectivity index (χ3n) is 2.35. The Labute approximate surface area is 104 Å². The number of aromatic nitrogens is 1. The Morgan fingerprint density at radius 1 is 1.58 bits per heavy atom. The Morgan fingerprint density at radius 3 is 2.58 bits per heavy atom. The van der Waals surface area contributed by atoms with Gasteiger partial charge in [-0.25, -0.2) is 4.57 Å². The van der Waals surface area contributed by atoms with E-state index in [4.69, 9.17) is 5.11 Å². The summed E-state index contributed by atoms with van der Waals surface area (Å²) < 4.78 is 36.9. The van der Waals surface area contributed by atoms with Gasteiger partial charge in [-0.1, -0.05) is 0 Å². The largest absolute Gasteiger partial charge is 0.416 e. The van der Waals surface area contributed by atoms with Crippen LogP contribution in [0.2, 0.25) is 0 Å². The number of hydrogen-bond acceptors (Lipinski definition) is 4. The zero-order valence-electron chi connectivity index (χ0n) is 9.64. The molecule has 1 aromatic rings. The Balaban J connectivity index is 2.72. The van der Waals surface area contributed by atoms with Gasteiger partial charge in [0.15, 0.2) is 11.8 Å². The molecule has 1 amide bonds. The summed E-state index contributed by atoms with van der Waals surface area (Å²) in [4.78, 5) is 21.3. The lowest BCUT2D eigenvalue weighted by atomic mass is 10.3. The molecule has 0 saturated carbocycles. The van der Waals surface area contributed by atoms with Crippen LogP contribution in [0.4, 0.5) is 19.0 Å². The van der Waals surface area contributed by atoms with E-state index in [1.54, 1.807) is 0 Å². The van der Waals surface area contributed by atoms with Crippen molar-refractivity contribution < 1.29 is 28.0 Å². The van der Waals surface area contributed by atoms with Crippen molar-refractivity contribution in [2.24, 2.45) is 7.05 Å². The highest BCUT2D eigenvalue weighted by Crippen LogP contribution is 2.19. The van der Waals surface area contributed by atoms with Gasteiger partial charge in [0.2, 0.25) is 0 Å². The van der Waals surface area contributed by atoms with Gasteiger partial charge in [-0.15, -0.1) is 0 Å². The molecule has 1 aromatic heterocycles. The van der Waals surface area contributed by atoms with E-state index in [0.717, 1.165) is 16.7 Å². The SMILES string of the molecule is Cn1c(C(=O)NCC(O)C(F)(F)F)ccc1[N+](=O)[O-]. The molecule has 0 spiro atoms. The third-order valence-corrected chi connectivity index (χ3v) is 2.35. The van der Waals surface area contributed by atoms with Crippen LogP contribution in [0.1, 0.15) is 10.5 Å². The summed E-state index contributed by atoms with van der Waals surface area (Å²) in [6.07, 6.45) is -7.53. The molecular formula is C9H10F3N3O4. The quantitative estimate of drug-likeness (QED) is 0.623. The molecule has 0 saturated heterocycles. The first kappa shape index (κ1) is 15.0. The van der Waals surface area contributed by atoms with Gasteiger partial charge in [-0.3, -0.25) is 4.79 Å². The molecule has 0 fully saturated rings. The number of amides is 1. The number of alkyl halides is 3. The van der Waals surface area contributed by atoms with Crippen molar-refractivity contribution in [2.45, 2.75) is 12.3 Å². The first-order chi connectivity index (χ1) is 8.64. The predicted octanol–water partition coefficient (Wildman–Crippen LogP) is 0.586. The van der Waals surface area contributed by atoms with Gasteiger partial charge < -0.3 is 20.5 Å². The molecule has 0 aliphatic carbocycles. The minimum atomic E-state index is -4.84. The average Bonchev–Trinajstić information content (AvgIpc) is 2.66. The van der Waals surface area contributed by atoms with Crippen LogP contribution in [0.3, 0.4) is 0 Å². The lowest BCUT2D eigenvalue weighted by molar-refractivity contribution is -0.391. The van der Waals surface area contributed by atoms with Crippen LogP contribution < -0.4 is 5.32 Å². The maximum absolute atomic E-state index is 12.0. The van der Waals surface area contributed by atoms with E-state index in [-0.39, 0.29) is 11.5 Å². The average molecular weight is 281 g/mol. The summed E-state index contributed by atoms with van der Waals surface area (Å²) in [7, 11) is 1.23. The van der Waals surface area contributed by atoms with Crippen molar-refractivity contribution in [3.05, 3.63) is 27.9 Å². The number of carbonyl (C=O) groups excluding carboxylic acids is 1. The van der Waals surface area contributed by atoms with Gasteiger partial charge in [0.1, 0.15) is 0 Å². The van der Waals surface area contributed by atoms with Gasteiger partial charge in [0.05, 0.1) is 13.6 Å². The molecule has 1 heterocycles. The Morgan fingerprint density at radius 2 is 2.16 bits per heavy atom. The monoisotopic (exact) mass is 281 g/mol. The third kappa shape index (κ3) is 3.44. The van der Waals surface area contributed by atoms with E-state index in [1.165, 1.54) is 7.05 Å². The summed E-state index contributed by atoms with van der Waals surface area (Å²) in [6, 6.07) is 2.16. The Hall–Kier alpha value is -2.10. The highest BCUT2D eigenvalue weighted by atomic mass is 19.4. The van der Waals surface area contributed by atoms with Crippen molar-refractivity contribution in [2.75, 3.05) is 6.54 Å². The smallest absolute Gasteiger partial charge is 0.382 e. The van der Waals surface area contributed by atoms with Gasteiger partial charge in [-0.05, 0) is 11.0 Å². The number of aliphatic hydroxyl groups is 1. The number of nitro groups is 1. The lowest BCUT2D eigenvalue weighted by Gasteiger charge is -2.14. The van der Waals surface area contributed by atoms with Gasteiger partial charge >= 0.3 is 12.0 Å². The van der Waals surface area contributed by atoms with Gasteiger partial charge in [0, 0.05) is 6.07 Å². The standard InChI is InChI=1S/C9H10F3N3O4/c1-14-5(2-3-7(14)15(18)19)8(17)13-4-6(16)9(10,11)12/h2-3,6,16H,4H2,1H3,(H,13,17). The van der Waals surface area contributed by atoms with Gasteiger partial charge in [-0.2, -0.15) is 13.2 Å². The number of nitrogens with one attached hydrogen (secondary N) is 1. The van der Waals surface area contributed by atoms with Crippen molar-refractivity contribution >= 4 is 11.7 Å². The second kappa shape index (κ2) is 5.26. The fourth-order valence-corrected chi connectivity index (χ4v) is 1.31. The van der Waals surface area contributed by atoms with Crippen molar-refractivity contribution in [1.82, 2.24) is 9.88 Å². The summed E-state index contributed by atoms with van der Waals surface area (Å²) in [5, 5.41) is 21.1. The normalized spacial score (nSPS) is 13.1. The molecule has 0 radical (unpaired) electrons. The number of hydrogen-bond donors (Lipinski definition) is 2. The van der Waals surface area contributed by atoms with Crippen LogP contribution in [0, 0.1) is 10.1 Å². The van der Waals surface area contributed by atoms with Crippen molar-refractivity contribution in [3.8, 4) is 0 Å². The molecule has 1 unspecified atom stereocenters. The van der Waals surface area contributed by atoms with E-state index in [0.29, 0.717) is 0 Å². The van der Waals surface area contributed by atoms with E-state index in [1.807, 2.05) is 5.32 Å². The first-order valence-electron chi connectivity index (χ1n) is 4.97. The number of nitrogens with zero attached hydrogens (tertiary/aromatic N) is 2. The van der Waals surface area contributed by atoms with Crippen LogP contribution >= 0.6 is 0 Å². The number of rotatable bonds is 4. The van der Waals surface area contributed by atoms with Crippen molar-refractivity contribution in [1.29, 1.82) is 0 Å². The molecule has 0 aliphatic rings. The minimum Gasteiger partial charge on any atom is -0.382 e. The maximum Gasteiger partial charge on any atom is 0.416 e. The topological polar surface area (TPSA) is 97.4 Å². The number of halogens is 3. The molecular weight excluding hydrogens is 271 g/mol. The predicted molar refractivity (Wildman–Crippen MR) is 56.5 cm³/mol. The maximum atomic E-state index is 12.0. The van der Waals surface area contributed by atoms with Crippen molar-refractivity contribution in [3.63, 3.8) is 0 Å².